The maximum absolute atomic E-state index is 13.1. The van der Waals surface area contributed by atoms with Crippen molar-refractivity contribution in [3.63, 3.8) is 0 Å². The van der Waals surface area contributed by atoms with Gasteiger partial charge in [0.05, 0.1) is 36.1 Å². The molecule has 0 saturated carbocycles. The van der Waals surface area contributed by atoms with Crippen molar-refractivity contribution in [2.45, 2.75) is 25.4 Å². The van der Waals surface area contributed by atoms with Crippen LogP contribution < -0.4 is 15.0 Å². The molecule has 3 aromatic carbocycles. The fraction of sp³-hybridized carbons (Fsp3) is 0.267. The number of ether oxygens (including phenoxy) is 2. The van der Waals surface area contributed by atoms with Crippen molar-refractivity contribution < 1.29 is 19.5 Å². The Labute approximate surface area is 230 Å². The highest BCUT2D eigenvalue weighted by molar-refractivity contribution is 5.80. The molecule has 206 valence electrons. The number of nitro benzene ring substituents is 1. The Kier molecular flexibility index (Phi) is 7.52. The molecule has 3 heterocycles. The molecule has 0 radical (unpaired) electrons. The van der Waals surface area contributed by atoms with Crippen molar-refractivity contribution in [1.82, 2.24) is 14.5 Å². The van der Waals surface area contributed by atoms with Crippen molar-refractivity contribution >= 4 is 22.2 Å². The predicted octanol–water partition coefficient (Wildman–Crippen LogP) is 4.32. The van der Waals surface area contributed by atoms with Crippen LogP contribution in [0.3, 0.4) is 0 Å². The van der Waals surface area contributed by atoms with E-state index in [1.54, 1.807) is 30.9 Å². The van der Waals surface area contributed by atoms with Gasteiger partial charge in [-0.05, 0) is 65.9 Å². The molecule has 0 saturated heterocycles. The Morgan fingerprint density at radius 3 is 2.40 bits per heavy atom. The summed E-state index contributed by atoms with van der Waals surface area (Å²) in [6.45, 7) is 1.29. The Morgan fingerprint density at radius 2 is 1.70 bits per heavy atom. The number of rotatable bonds is 5. The summed E-state index contributed by atoms with van der Waals surface area (Å²) in [5.74, 6) is 1.98. The second-order valence-corrected chi connectivity index (χ2v) is 9.46. The lowest BCUT2D eigenvalue weighted by atomic mass is 9.87. The van der Waals surface area contributed by atoms with Crippen LogP contribution >= 0.6 is 0 Å². The molecule has 0 fully saturated rings. The van der Waals surface area contributed by atoms with E-state index >= 15 is 0 Å². The molecule has 1 aromatic heterocycles. The highest BCUT2D eigenvalue weighted by Crippen LogP contribution is 2.42. The normalized spacial score (nSPS) is 16.6. The van der Waals surface area contributed by atoms with Crippen LogP contribution in [0.15, 0.2) is 71.7 Å². The van der Waals surface area contributed by atoms with Crippen LogP contribution in [0.5, 0.6) is 11.5 Å². The highest BCUT2D eigenvalue weighted by Gasteiger charge is 2.31. The smallest absolute Gasteiger partial charge is 0.269 e. The second-order valence-electron chi connectivity index (χ2n) is 9.46. The Balaban J connectivity index is 0.00000158. The summed E-state index contributed by atoms with van der Waals surface area (Å²) in [4.78, 5) is 31.1. The third kappa shape index (κ3) is 4.66. The van der Waals surface area contributed by atoms with Crippen molar-refractivity contribution in [2.24, 2.45) is 0 Å². The third-order valence-electron chi connectivity index (χ3n) is 7.41. The summed E-state index contributed by atoms with van der Waals surface area (Å²) >= 11 is 0. The van der Waals surface area contributed by atoms with Gasteiger partial charge in [0.1, 0.15) is 5.82 Å². The van der Waals surface area contributed by atoms with Crippen LogP contribution in [0.25, 0.3) is 16.5 Å². The SMILES string of the molecule is CO.COc1cc2c(cc1OC)[C@H](c1ccc([N+](=O)[O-])cc1)N(/C=C1\CCn3c1nc1ccccc1c3=O)CC2. The van der Waals surface area contributed by atoms with E-state index in [1.165, 1.54) is 12.1 Å². The van der Waals surface area contributed by atoms with Gasteiger partial charge in [0.25, 0.3) is 11.2 Å². The standard InChI is InChI=1S/C29H26N4O5.CH4O/c1-37-25-15-19-11-13-31(17-20-12-14-32-28(20)30-24-6-4-3-5-22(24)29(32)34)27(23(19)16-26(25)38-2)18-7-9-21(10-8-18)33(35)36;1-2/h3-10,15-17,27H,11-14H2,1-2H3;2H,1H3/b20-17+;/t27-;/m0./s1. The summed E-state index contributed by atoms with van der Waals surface area (Å²) in [6, 6.07) is 17.9. The van der Waals surface area contributed by atoms with Gasteiger partial charge < -0.3 is 19.5 Å². The molecular formula is C30H30N4O6. The molecule has 2 aliphatic heterocycles. The molecule has 2 aliphatic rings. The second kappa shape index (κ2) is 11.2. The maximum atomic E-state index is 13.1. The quantitative estimate of drug-likeness (QED) is 0.292. The number of allylic oxidation sites excluding steroid dienone is 1. The number of non-ortho nitro benzene ring substituents is 1. The van der Waals surface area contributed by atoms with Gasteiger partial charge in [-0.1, -0.05) is 12.1 Å². The van der Waals surface area contributed by atoms with E-state index in [1.807, 2.05) is 36.4 Å². The van der Waals surface area contributed by atoms with Crippen molar-refractivity contribution in [2.75, 3.05) is 27.9 Å². The zero-order valence-electron chi connectivity index (χ0n) is 22.5. The van der Waals surface area contributed by atoms with Crippen LogP contribution in [-0.2, 0) is 13.0 Å². The first kappa shape index (κ1) is 26.9. The Hall–Kier alpha value is -4.70. The van der Waals surface area contributed by atoms with Gasteiger partial charge in [-0.3, -0.25) is 19.5 Å². The topological polar surface area (TPSA) is 120 Å². The predicted molar refractivity (Wildman–Crippen MR) is 152 cm³/mol. The molecule has 0 bridgehead atoms. The molecular weight excluding hydrogens is 512 g/mol. The summed E-state index contributed by atoms with van der Waals surface area (Å²) < 4.78 is 12.9. The van der Waals surface area contributed by atoms with E-state index < -0.39 is 4.92 Å². The minimum absolute atomic E-state index is 0.0262. The van der Waals surface area contributed by atoms with Gasteiger partial charge in [0.15, 0.2) is 11.5 Å². The number of fused-ring (bicyclic) bond motifs is 3. The fourth-order valence-corrected chi connectivity index (χ4v) is 5.54. The fourth-order valence-electron chi connectivity index (χ4n) is 5.54. The molecule has 4 aromatic rings. The number of hydrogen-bond donors (Lipinski definition) is 1. The molecule has 6 rings (SSSR count). The molecule has 0 spiro atoms. The number of methoxy groups -OCH3 is 2. The van der Waals surface area contributed by atoms with Gasteiger partial charge in [-0.2, -0.15) is 0 Å². The van der Waals surface area contributed by atoms with E-state index in [-0.39, 0.29) is 17.3 Å². The average Bonchev–Trinajstić information content (AvgIpc) is 3.40. The van der Waals surface area contributed by atoms with E-state index in [0.29, 0.717) is 47.7 Å². The number of aliphatic hydroxyl groups excluding tert-OH is 1. The third-order valence-corrected chi connectivity index (χ3v) is 7.41. The Morgan fingerprint density at radius 1 is 1.00 bits per heavy atom. The summed E-state index contributed by atoms with van der Waals surface area (Å²) in [5, 5.41) is 18.9. The highest BCUT2D eigenvalue weighted by atomic mass is 16.6. The lowest BCUT2D eigenvalue weighted by Gasteiger charge is -2.38. The first-order valence-electron chi connectivity index (χ1n) is 12.9. The number of nitrogens with zero attached hydrogens (tertiary/aromatic N) is 4. The van der Waals surface area contributed by atoms with Crippen LogP contribution in [0.2, 0.25) is 0 Å². The van der Waals surface area contributed by atoms with Crippen molar-refractivity contribution in [3.05, 3.63) is 110 Å². The van der Waals surface area contributed by atoms with Crippen LogP contribution in [0.1, 0.15) is 35.0 Å². The van der Waals surface area contributed by atoms with E-state index in [0.717, 1.165) is 35.8 Å². The number of aromatic nitrogens is 2. The molecule has 10 heteroatoms. The maximum Gasteiger partial charge on any atom is 0.269 e. The first-order valence-corrected chi connectivity index (χ1v) is 12.9. The average molecular weight is 543 g/mol. The molecule has 1 atom stereocenters. The largest absolute Gasteiger partial charge is 0.493 e. The van der Waals surface area contributed by atoms with Crippen molar-refractivity contribution in [1.29, 1.82) is 0 Å². The minimum atomic E-state index is -0.393. The first-order chi connectivity index (χ1) is 19.5. The summed E-state index contributed by atoms with van der Waals surface area (Å²) in [6.07, 6.45) is 3.58. The minimum Gasteiger partial charge on any atom is -0.493 e. The van der Waals surface area contributed by atoms with E-state index in [4.69, 9.17) is 19.6 Å². The van der Waals surface area contributed by atoms with Crippen LogP contribution in [0.4, 0.5) is 5.69 Å². The van der Waals surface area contributed by atoms with Gasteiger partial charge >= 0.3 is 0 Å². The van der Waals surface area contributed by atoms with Crippen molar-refractivity contribution in [3.8, 4) is 11.5 Å². The number of hydrogen-bond acceptors (Lipinski definition) is 8. The lowest BCUT2D eigenvalue weighted by Crippen LogP contribution is -2.32. The number of para-hydroxylation sites is 1. The zero-order valence-corrected chi connectivity index (χ0v) is 22.5. The molecule has 0 aliphatic carbocycles. The summed E-state index contributed by atoms with van der Waals surface area (Å²) in [7, 11) is 4.23. The number of benzene rings is 3. The number of nitro groups is 1. The van der Waals surface area contributed by atoms with Gasteiger partial charge in [-0.15, -0.1) is 0 Å². The van der Waals surface area contributed by atoms with Crippen LogP contribution in [0, 0.1) is 10.1 Å². The Bertz CT molecular complexity index is 1660. The van der Waals surface area contributed by atoms with Gasteiger partial charge in [-0.25, -0.2) is 4.98 Å². The molecule has 0 unspecified atom stereocenters. The monoisotopic (exact) mass is 542 g/mol. The molecule has 0 amide bonds. The van der Waals surface area contributed by atoms with E-state index in [2.05, 4.69) is 11.1 Å². The molecule has 40 heavy (non-hydrogen) atoms. The number of aliphatic hydroxyl groups is 1. The van der Waals surface area contributed by atoms with Crippen LogP contribution in [-0.4, -0.2) is 52.4 Å². The van der Waals surface area contributed by atoms with Gasteiger partial charge in [0.2, 0.25) is 0 Å². The lowest BCUT2D eigenvalue weighted by molar-refractivity contribution is -0.384. The zero-order chi connectivity index (χ0) is 28.4. The van der Waals surface area contributed by atoms with Gasteiger partial charge in [0, 0.05) is 44.1 Å². The molecule has 10 nitrogen and oxygen atoms in total. The van der Waals surface area contributed by atoms with E-state index in [9.17, 15) is 14.9 Å². The molecule has 1 N–H and O–H groups in total. The summed E-state index contributed by atoms with van der Waals surface area (Å²) in [5.41, 5.74) is 4.79.